The first-order valence-corrected chi connectivity index (χ1v) is 12.4. The molecule has 0 spiro atoms. The van der Waals surface area contributed by atoms with Crippen LogP contribution < -0.4 is 5.32 Å². The molecule has 1 amide bonds. The smallest absolute Gasteiger partial charge is 0.311 e. The van der Waals surface area contributed by atoms with E-state index < -0.39 is 33.4 Å². The van der Waals surface area contributed by atoms with Crippen LogP contribution >= 0.6 is 0 Å². The summed E-state index contributed by atoms with van der Waals surface area (Å²) in [6.45, 7) is 2.02. The van der Waals surface area contributed by atoms with E-state index in [4.69, 9.17) is 4.74 Å². The number of amides is 1. The van der Waals surface area contributed by atoms with Gasteiger partial charge in [-0.05, 0) is 37.5 Å². The highest BCUT2D eigenvalue weighted by molar-refractivity contribution is 7.89. The summed E-state index contributed by atoms with van der Waals surface area (Å²) in [5.74, 6) is -1.45. The number of nitro groups is 1. The number of para-hydroxylation sites is 1. The van der Waals surface area contributed by atoms with Gasteiger partial charge in [0.05, 0.1) is 16.2 Å². The Bertz CT molecular complexity index is 1170. The van der Waals surface area contributed by atoms with Crippen molar-refractivity contribution in [1.82, 2.24) is 4.31 Å². The molecule has 0 atom stereocenters. The fourth-order valence-electron chi connectivity index (χ4n) is 3.76. The third kappa shape index (κ3) is 6.39. The monoisotopic (exact) mass is 489 g/mol. The zero-order valence-electron chi connectivity index (χ0n) is 18.9. The van der Waals surface area contributed by atoms with E-state index in [0.717, 1.165) is 25.7 Å². The molecule has 3 rings (SSSR count). The Morgan fingerprint density at radius 3 is 2.44 bits per heavy atom. The lowest BCUT2D eigenvalue weighted by molar-refractivity contribution is -0.385. The quantitative estimate of drug-likeness (QED) is 0.342. The third-order valence-electron chi connectivity index (χ3n) is 5.54. The van der Waals surface area contributed by atoms with Gasteiger partial charge >= 0.3 is 5.97 Å². The second kappa shape index (κ2) is 11.2. The number of nitrogens with one attached hydrogen (secondary N) is 1. The predicted octanol–water partition coefficient (Wildman–Crippen LogP) is 3.19. The van der Waals surface area contributed by atoms with E-state index >= 15 is 0 Å². The summed E-state index contributed by atoms with van der Waals surface area (Å²) >= 11 is 0. The lowest BCUT2D eigenvalue weighted by Crippen LogP contribution is -2.32. The Balaban J connectivity index is 1.62. The first kappa shape index (κ1) is 25.3. The van der Waals surface area contributed by atoms with Crippen LogP contribution in [0, 0.1) is 17.0 Å². The number of benzene rings is 2. The van der Waals surface area contributed by atoms with E-state index in [1.165, 1.54) is 28.6 Å². The lowest BCUT2D eigenvalue weighted by atomic mass is 10.1. The fraction of sp³-hybridized carbons (Fsp3) is 0.391. The molecular weight excluding hydrogens is 462 g/mol. The zero-order valence-corrected chi connectivity index (χ0v) is 19.7. The van der Waals surface area contributed by atoms with Crippen LogP contribution in [0.25, 0.3) is 0 Å². The first-order valence-electron chi connectivity index (χ1n) is 11.0. The van der Waals surface area contributed by atoms with Crippen molar-refractivity contribution in [1.29, 1.82) is 0 Å². The number of aryl methyl sites for hydroxylation is 1. The summed E-state index contributed by atoms with van der Waals surface area (Å²) in [5, 5.41) is 13.6. The van der Waals surface area contributed by atoms with E-state index in [0.29, 0.717) is 18.7 Å². The molecule has 1 aliphatic heterocycles. The van der Waals surface area contributed by atoms with Gasteiger partial charge < -0.3 is 10.1 Å². The minimum atomic E-state index is -3.70. The molecule has 0 unspecified atom stereocenters. The van der Waals surface area contributed by atoms with Gasteiger partial charge in [-0.3, -0.25) is 19.7 Å². The Morgan fingerprint density at radius 1 is 1.09 bits per heavy atom. The molecule has 0 saturated carbocycles. The second-order valence-corrected chi connectivity index (χ2v) is 9.98. The molecule has 0 bridgehead atoms. The molecule has 1 saturated heterocycles. The third-order valence-corrected chi connectivity index (χ3v) is 7.58. The van der Waals surface area contributed by atoms with Crippen LogP contribution in [-0.2, 0) is 30.8 Å². The maximum Gasteiger partial charge on any atom is 0.311 e. The summed E-state index contributed by atoms with van der Waals surface area (Å²) in [5.41, 5.74) is 0.804. The lowest BCUT2D eigenvalue weighted by Gasteiger charge is -2.21. The van der Waals surface area contributed by atoms with Crippen LogP contribution in [0.3, 0.4) is 0 Å². The van der Waals surface area contributed by atoms with Gasteiger partial charge in [-0.25, -0.2) is 8.42 Å². The summed E-state index contributed by atoms with van der Waals surface area (Å²) in [4.78, 5) is 34.9. The van der Waals surface area contributed by atoms with Crippen molar-refractivity contribution in [2.24, 2.45) is 0 Å². The van der Waals surface area contributed by atoms with Crippen molar-refractivity contribution in [3.05, 3.63) is 63.7 Å². The maximum atomic E-state index is 13.2. The van der Waals surface area contributed by atoms with Crippen molar-refractivity contribution in [2.75, 3.05) is 25.0 Å². The van der Waals surface area contributed by atoms with E-state index in [1.807, 2.05) is 0 Å². The van der Waals surface area contributed by atoms with Crippen LogP contribution in [-0.4, -0.2) is 49.2 Å². The number of nitrogens with zero attached hydrogens (tertiary/aromatic N) is 2. The fourth-order valence-corrected chi connectivity index (χ4v) is 5.53. The van der Waals surface area contributed by atoms with E-state index in [9.17, 15) is 28.1 Å². The number of rotatable bonds is 8. The Labute approximate surface area is 198 Å². The molecule has 0 aliphatic carbocycles. The molecule has 34 heavy (non-hydrogen) atoms. The average Bonchev–Trinajstić information content (AvgIpc) is 3.09. The van der Waals surface area contributed by atoms with Crippen molar-refractivity contribution in [3.8, 4) is 0 Å². The molecule has 1 aliphatic rings. The van der Waals surface area contributed by atoms with Crippen LogP contribution in [0.2, 0.25) is 0 Å². The Hall–Kier alpha value is -3.31. The van der Waals surface area contributed by atoms with Crippen molar-refractivity contribution >= 4 is 33.3 Å². The largest absolute Gasteiger partial charge is 0.455 e. The number of anilines is 1. The summed E-state index contributed by atoms with van der Waals surface area (Å²) in [6.07, 6.45) is 3.26. The van der Waals surface area contributed by atoms with Gasteiger partial charge in [0.25, 0.3) is 11.6 Å². The van der Waals surface area contributed by atoms with Gasteiger partial charge in [-0.2, -0.15) is 4.31 Å². The van der Waals surface area contributed by atoms with E-state index in [2.05, 4.69) is 5.32 Å². The Morgan fingerprint density at radius 2 is 1.76 bits per heavy atom. The van der Waals surface area contributed by atoms with Crippen LogP contribution in [0.15, 0.2) is 47.4 Å². The topological polar surface area (TPSA) is 136 Å². The molecule has 2 aromatic carbocycles. The van der Waals surface area contributed by atoms with Crippen molar-refractivity contribution in [2.45, 2.75) is 43.9 Å². The standard InChI is InChI=1S/C23H27N3O7S/c1-17-10-11-19(15-21(17)34(31,32)25-12-6-2-3-7-13-25)24-22(27)16-33-23(28)14-18-8-4-5-9-20(18)26(29)30/h4-5,8-11,15H,2-3,6-7,12-14,16H2,1H3,(H,24,27). The Kier molecular flexibility index (Phi) is 8.35. The number of ether oxygens (including phenoxy) is 1. The minimum Gasteiger partial charge on any atom is -0.455 e. The van der Waals surface area contributed by atoms with Gasteiger partial charge in [0.1, 0.15) is 0 Å². The second-order valence-electron chi connectivity index (χ2n) is 8.07. The van der Waals surface area contributed by atoms with Crippen LogP contribution in [0.5, 0.6) is 0 Å². The minimum absolute atomic E-state index is 0.126. The van der Waals surface area contributed by atoms with Crippen LogP contribution in [0.4, 0.5) is 11.4 Å². The maximum absolute atomic E-state index is 13.2. The molecule has 0 radical (unpaired) electrons. The molecule has 10 nitrogen and oxygen atoms in total. The molecule has 11 heteroatoms. The molecule has 1 N–H and O–H groups in total. The number of carbonyl (C=O) groups excluding carboxylic acids is 2. The molecule has 1 fully saturated rings. The van der Waals surface area contributed by atoms with Crippen molar-refractivity contribution < 1.29 is 27.7 Å². The van der Waals surface area contributed by atoms with Gasteiger partial charge in [0.2, 0.25) is 10.0 Å². The average molecular weight is 490 g/mol. The molecule has 2 aromatic rings. The number of sulfonamides is 1. The normalized spacial score (nSPS) is 14.7. The molecule has 1 heterocycles. The predicted molar refractivity (Wildman–Crippen MR) is 125 cm³/mol. The van der Waals surface area contributed by atoms with Gasteiger partial charge in [0, 0.05) is 30.4 Å². The molecule has 0 aromatic heterocycles. The number of hydrogen-bond acceptors (Lipinski definition) is 7. The number of esters is 1. The van der Waals surface area contributed by atoms with Crippen LogP contribution in [0.1, 0.15) is 36.8 Å². The van der Waals surface area contributed by atoms with Gasteiger partial charge in [-0.15, -0.1) is 0 Å². The molecular formula is C23H27N3O7S. The molecule has 182 valence electrons. The SMILES string of the molecule is Cc1ccc(NC(=O)COC(=O)Cc2ccccc2[N+](=O)[O-])cc1S(=O)(=O)N1CCCCCC1. The van der Waals surface area contributed by atoms with Gasteiger partial charge in [-0.1, -0.05) is 37.1 Å². The zero-order chi connectivity index (χ0) is 24.7. The highest BCUT2D eigenvalue weighted by Crippen LogP contribution is 2.26. The highest BCUT2D eigenvalue weighted by atomic mass is 32.2. The van der Waals surface area contributed by atoms with Crippen molar-refractivity contribution in [3.63, 3.8) is 0 Å². The number of nitro benzene ring substituents is 1. The summed E-state index contributed by atoms with van der Waals surface area (Å²) in [7, 11) is -3.70. The number of carbonyl (C=O) groups is 2. The highest BCUT2D eigenvalue weighted by Gasteiger charge is 2.27. The van der Waals surface area contributed by atoms with E-state index in [-0.39, 0.29) is 28.3 Å². The summed E-state index contributed by atoms with van der Waals surface area (Å²) < 4.78 is 32.7. The van der Waals surface area contributed by atoms with Gasteiger partial charge in [0.15, 0.2) is 6.61 Å². The first-order chi connectivity index (χ1) is 16.2. The summed E-state index contributed by atoms with van der Waals surface area (Å²) in [6, 6.07) is 10.4. The van der Waals surface area contributed by atoms with E-state index in [1.54, 1.807) is 25.1 Å². The number of hydrogen-bond donors (Lipinski definition) is 1.